The number of hydrogen-bond acceptors (Lipinski definition) is 2. The zero-order valence-electron chi connectivity index (χ0n) is 36.2. The van der Waals surface area contributed by atoms with E-state index in [0.717, 1.165) is 57.8 Å². The molecule has 4 heteroatoms. The van der Waals surface area contributed by atoms with E-state index in [2.05, 4.69) is 203 Å². The van der Waals surface area contributed by atoms with Crippen LogP contribution in [0.4, 0.5) is 5.69 Å². The van der Waals surface area contributed by atoms with Crippen LogP contribution < -0.4 is 5.32 Å². The first kappa shape index (κ1) is 36.3. The molecular weight excluding hydrogens is 803 g/mol. The molecule has 4 heterocycles. The standard InChI is InChI=1S/C62H43N3O/c1-2-14-46-35(9-1)19-23-47(53-32-37(20-24-48(46)53)42-27-40-12-7-10-36-11-8-13-41(28-42)58(36)40)45-30-43(38-21-25-50-56(33-38)65-59-49-15-3-5-17-54(49)63-60(50)59)29-44(31-45)39-22-26-52-57(34-39)66-62-51-16-4-6-18-55(51)64-61(52)62/h1-10,12-18,20-22,24-34,47,50,56,63-65H,11,19,23H2. The number of benzene rings is 8. The smallest absolute Gasteiger partial charge is 0.160 e. The van der Waals surface area contributed by atoms with Gasteiger partial charge in [0.25, 0.3) is 0 Å². The molecule has 0 saturated carbocycles. The molecule has 4 aliphatic rings. The normalized spacial score (nSPS) is 18.1. The lowest BCUT2D eigenvalue weighted by atomic mass is 9.81. The summed E-state index contributed by atoms with van der Waals surface area (Å²) in [6.45, 7) is 0. The molecule has 15 rings (SSSR count). The molecule has 11 aromatic rings. The second kappa shape index (κ2) is 13.7. The van der Waals surface area contributed by atoms with Crippen molar-refractivity contribution in [3.8, 4) is 33.4 Å². The van der Waals surface area contributed by atoms with Crippen molar-refractivity contribution in [1.82, 2.24) is 9.97 Å². The SMILES string of the molecule is C1=Cc2cc(-c3ccc4c(c3)C(c3cc(C5=CC6Nc7c([nH]c8ccccc78)C6C=C5)cc(-c5ccc6c(c5)oc5c7ccccc7[nH]c65)c3)CCc3ccccc3-4)cc3cccc(c23)C1. The summed E-state index contributed by atoms with van der Waals surface area (Å²) in [6.07, 6.45) is 14.8. The van der Waals surface area contributed by atoms with Crippen molar-refractivity contribution in [3.05, 3.63) is 221 Å². The number of rotatable bonds is 4. The maximum absolute atomic E-state index is 6.70. The van der Waals surface area contributed by atoms with Gasteiger partial charge in [0.2, 0.25) is 0 Å². The Morgan fingerprint density at radius 3 is 2.33 bits per heavy atom. The fraction of sp³-hybridized carbons (Fsp3) is 0.0968. The van der Waals surface area contributed by atoms with Crippen molar-refractivity contribution < 1.29 is 4.42 Å². The summed E-state index contributed by atoms with van der Waals surface area (Å²) < 4.78 is 6.70. The molecule has 3 aliphatic carbocycles. The van der Waals surface area contributed by atoms with Gasteiger partial charge in [-0.25, -0.2) is 0 Å². The number of fused-ring (bicyclic) bond motifs is 13. The van der Waals surface area contributed by atoms with Crippen molar-refractivity contribution >= 4 is 72.0 Å². The number of furan rings is 1. The number of H-pyrrole nitrogens is 2. The van der Waals surface area contributed by atoms with E-state index in [-0.39, 0.29) is 17.9 Å². The minimum Gasteiger partial charge on any atom is -0.454 e. The van der Waals surface area contributed by atoms with Gasteiger partial charge in [-0.15, -0.1) is 0 Å². The molecular formula is C62H43N3O. The Balaban J connectivity index is 0.904. The Hall–Kier alpha value is -8.08. The van der Waals surface area contributed by atoms with Gasteiger partial charge < -0.3 is 19.7 Å². The van der Waals surface area contributed by atoms with E-state index in [1.807, 2.05) is 0 Å². The first-order chi connectivity index (χ1) is 32.6. The molecule has 0 saturated heterocycles. The Morgan fingerprint density at radius 2 is 1.38 bits per heavy atom. The third-order valence-electron chi connectivity index (χ3n) is 15.3. The van der Waals surface area contributed by atoms with Crippen LogP contribution in [0, 0.1) is 0 Å². The van der Waals surface area contributed by atoms with Crippen molar-refractivity contribution in [2.24, 2.45) is 0 Å². The maximum atomic E-state index is 6.70. The molecule has 3 N–H and O–H groups in total. The molecule has 3 aromatic heterocycles. The van der Waals surface area contributed by atoms with Crippen molar-refractivity contribution in [3.63, 3.8) is 0 Å². The van der Waals surface area contributed by atoms with Crippen LogP contribution >= 0.6 is 0 Å². The molecule has 0 fully saturated rings. The molecule has 0 bridgehead atoms. The van der Waals surface area contributed by atoms with Crippen molar-refractivity contribution in [2.75, 3.05) is 5.32 Å². The molecule has 0 radical (unpaired) electrons. The van der Waals surface area contributed by atoms with E-state index in [0.29, 0.717) is 0 Å². The summed E-state index contributed by atoms with van der Waals surface area (Å²) in [4.78, 5) is 7.38. The summed E-state index contributed by atoms with van der Waals surface area (Å²) >= 11 is 0. The van der Waals surface area contributed by atoms with Gasteiger partial charge in [-0.3, -0.25) is 0 Å². The van der Waals surface area contributed by atoms with Gasteiger partial charge >= 0.3 is 0 Å². The van der Waals surface area contributed by atoms with E-state index in [1.54, 1.807) is 0 Å². The lowest BCUT2D eigenvalue weighted by Crippen LogP contribution is -2.19. The van der Waals surface area contributed by atoms with E-state index < -0.39 is 0 Å². The monoisotopic (exact) mass is 845 g/mol. The number of aryl methyl sites for hydroxylation is 1. The third kappa shape index (κ3) is 5.39. The summed E-state index contributed by atoms with van der Waals surface area (Å²) in [6, 6.07) is 59.3. The number of para-hydroxylation sites is 2. The lowest BCUT2D eigenvalue weighted by Gasteiger charge is -2.24. The Kier molecular flexibility index (Phi) is 7.54. The van der Waals surface area contributed by atoms with Gasteiger partial charge in [0.15, 0.2) is 5.58 Å². The zero-order valence-corrected chi connectivity index (χ0v) is 36.2. The highest BCUT2D eigenvalue weighted by atomic mass is 16.3. The van der Waals surface area contributed by atoms with Crippen LogP contribution in [-0.2, 0) is 12.8 Å². The first-order valence-electron chi connectivity index (χ1n) is 23.5. The van der Waals surface area contributed by atoms with Crippen LogP contribution in [0.1, 0.15) is 57.3 Å². The predicted molar refractivity (Wildman–Crippen MR) is 274 cm³/mol. The van der Waals surface area contributed by atoms with Crippen molar-refractivity contribution in [1.29, 1.82) is 0 Å². The van der Waals surface area contributed by atoms with Crippen LogP contribution in [0.5, 0.6) is 0 Å². The summed E-state index contributed by atoms with van der Waals surface area (Å²) in [5.41, 5.74) is 24.5. The molecule has 3 unspecified atom stereocenters. The van der Waals surface area contributed by atoms with Gasteiger partial charge in [-0.1, -0.05) is 134 Å². The third-order valence-corrected chi connectivity index (χ3v) is 15.3. The highest BCUT2D eigenvalue weighted by Crippen LogP contribution is 2.48. The van der Waals surface area contributed by atoms with Crippen LogP contribution in [0.15, 0.2) is 186 Å². The van der Waals surface area contributed by atoms with Crippen molar-refractivity contribution in [2.45, 2.75) is 37.1 Å². The highest BCUT2D eigenvalue weighted by molar-refractivity contribution is 6.15. The summed E-state index contributed by atoms with van der Waals surface area (Å²) in [7, 11) is 0. The topological polar surface area (TPSA) is 56.8 Å². The minimum absolute atomic E-state index is 0.157. The Bertz CT molecular complexity index is 3980. The number of allylic oxidation sites excluding steroid dienone is 3. The van der Waals surface area contributed by atoms with E-state index in [1.165, 1.54) is 99.8 Å². The van der Waals surface area contributed by atoms with Crippen LogP contribution in [-0.4, -0.2) is 16.0 Å². The lowest BCUT2D eigenvalue weighted by molar-refractivity contribution is 0.673. The number of nitrogens with one attached hydrogen (secondary N) is 3. The Labute approximate surface area is 381 Å². The quantitative estimate of drug-likeness (QED) is 0.165. The molecule has 0 spiro atoms. The van der Waals surface area contributed by atoms with E-state index in [4.69, 9.17) is 4.42 Å². The molecule has 312 valence electrons. The van der Waals surface area contributed by atoms with E-state index in [9.17, 15) is 0 Å². The van der Waals surface area contributed by atoms with Gasteiger partial charge in [0, 0.05) is 44.7 Å². The number of aromatic nitrogens is 2. The fourth-order valence-corrected chi connectivity index (χ4v) is 12.1. The molecule has 1 aliphatic heterocycles. The predicted octanol–water partition coefficient (Wildman–Crippen LogP) is 15.9. The second-order valence-electron chi connectivity index (χ2n) is 18.9. The number of aromatic amines is 2. The average Bonchev–Trinajstić information content (AvgIpc) is 4.09. The largest absolute Gasteiger partial charge is 0.454 e. The molecule has 66 heavy (non-hydrogen) atoms. The van der Waals surface area contributed by atoms with Gasteiger partial charge in [0.1, 0.15) is 5.58 Å². The molecule has 3 atom stereocenters. The molecule has 8 aromatic carbocycles. The van der Waals surface area contributed by atoms with Gasteiger partial charge in [-0.05, 0) is 157 Å². The summed E-state index contributed by atoms with van der Waals surface area (Å²) in [5.74, 6) is 0.406. The van der Waals surface area contributed by atoms with E-state index >= 15 is 0 Å². The average molecular weight is 846 g/mol. The zero-order chi connectivity index (χ0) is 43.0. The second-order valence-corrected chi connectivity index (χ2v) is 18.9. The van der Waals surface area contributed by atoms with Gasteiger partial charge in [-0.2, -0.15) is 0 Å². The first-order valence-corrected chi connectivity index (χ1v) is 23.5. The van der Waals surface area contributed by atoms with Crippen LogP contribution in [0.3, 0.4) is 0 Å². The van der Waals surface area contributed by atoms with Crippen LogP contribution in [0.2, 0.25) is 0 Å². The fourth-order valence-electron chi connectivity index (χ4n) is 12.1. The summed E-state index contributed by atoms with van der Waals surface area (Å²) in [5, 5.41) is 10.1. The molecule has 0 amide bonds. The minimum atomic E-state index is 0.157. The number of hydrogen-bond donors (Lipinski definition) is 3. The number of anilines is 1. The van der Waals surface area contributed by atoms with Crippen LogP contribution in [0.25, 0.3) is 99.7 Å². The molecule has 4 nitrogen and oxygen atoms in total. The Morgan fingerprint density at radius 1 is 0.576 bits per heavy atom. The maximum Gasteiger partial charge on any atom is 0.160 e. The van der Waals surface area contributed by atoms with Gasteiger partial charge in [0.05, 0.1) is 17.2 Å². The highest BCUT2D eigenvalue weighted by Gasteiger charge is 2.35.